The number of hydrogen-bond donors (Lipinski definition) is 1. The summed E-state index contributed by atoms with van der Waals surface area (Å²) in [6.07, 6.45) is 4.68. The molecule has 0 unspecified atom stereocenters. The molecular weight excluding hydrogens is 306 g/mol. The Morgan fingerprint density at radius 2 is 2.09 bits per heavy atom. The zero-order chi connectivity index (χ0) is 16.2. The lowest BCUT2D eigenvalue weighted by Gasteiger charge is -2.01. The van der Waals surface area contributed by atoms with Crippen molar-refractivity contribution < 1.29 is 4.79 Å². The quantitative estimate of drug-likeness (QED) is 0.777. The van der Waals surface area contributed by atoms with Crippen LogP contribution in [0.25, 0.3) is 5.69 Å². The Kier molecular flexibility index (Phi) is 4.57. The van der Waals surface area contributed by atoms with E-state index in [1.165, 1.54) is 10.4 Å². The number of rotatable bonds is 5. The predicted molar refractivity (Wildman–Crippen MR) is 93.2 cm³/mol. The molecule has 0 saturated carbocycles. The molecular formula is C18H19N3OS. The van der Waals surface area contributed by atoms with Gasteiger partial charge in [-0.15, -0.1) is 11.3 Å². The molecule has 3 aromatic rings. The smallest absolute Gasteiger partial charge is 0.261 e. The van der Waals surface area contributed by atoms with Gasteiger partial charge in [0.25, 0.3) is 5.91 Å². The van der Waals surface area contributed by atoms with E-state index in [1.54, 1.807) is 17.5 Å². The van der Waals surface area contributed by atoms with Crippen molar-refractivity contribution in [3.63, 3.8) is 0 Å². The van der Waals surface area contributed by atoms with Crippen molar-refractivity contribution in [2.75, 3.05) is 0 Å². The lowest BCUT2D eigenvalue weighted by molar-refractivity contribution is 0.0955. The Hall–Kier alpha value is -2.40. The fraction of sp³-hybridized carbons (Fsp3) is 0.222. The second kappa shape index (κ2) is 6.79. The van der Waals surface area contributed by atoms with E-state index in [4.69, 9.17) is 0 Å². The van der Waals surface area contributed by atoms with Gasteiger partial charge in [0, 0.05) is 23.2 Å². The van der Waals surface area contributed by atoms with E-state index in [0.29, 0.717) is 6.54 Å². The maximum atomic E-state index is 12.2. The summed E-state index contributed by atoms with van der Waals surface area (Å²) in [7, 11) is 0. The maximum absolute atomic E-state index is 12.2. The molecule has 0 atom stereocenters. The number of para-hydroxylation sites is 1. The summed E-state index contributed by atoms with van der Waals surface area (Å²) >= 11 is 1.55. The third-order valence-corrected chi connectivity index (χ3v) is 4.83. The summed E-state index contributed by atoms with van der Waals surface area (Å²) < 4.78 is 1.81. The fourth-order valence-corrected chi connectivity index (χ4v) is 3.46. The maximum Gasteiger partial charge on any atom is 0.261 e. The third-order valence-electron chi connectivity index (χ3n) is 3.74. The van der Waals surface area contributed by atoms with E-state index in [9.17, 15) is 4.79 Å². The molecule has 2 heterocycles. The Labute approximate surface area is 139 Å². The van der Waals surface area contributed by atoms with Crippen LogP contribution in [0, 0.1) is 6.92 Å². The molecule has 0 aliphatic rings. The standard InChI is InChI=1S/C18H19N3OS/c1-3-15-9-17(23-13(15)2)18(22)19-10-14-11-20-21(12-14)16-7-5-4-6-8-16/h4-9,11-12H,3,10H2,1-2H3,(H,19,22). The summed E-state index contributed by atoms with van der Waals surface area (Å²) in [5.74, 6) is -0.0229. The first-order valence-electron chi connectivity index (χ1n) is 7.64. The van der Waals surface area contributed by atoms with Crippen LogP contribution < -0.4 is 5.32 Å². The highest BCUT2D eigenvalue weighted by Crippen LogP contribution is 2.22. The van der Waals surface area contributed by atoms with Crippen molar-refractivity contribution in [1.82, 2.24) is 15.1 Å². The second-order valence-corrected chi connectivity index (χ2v) is 6.61. The average molecular weight is 325 g/mol. The number of carbonyl (C=O) groups excluding carboxylic acids is 1. The van der Waals surface area contributed by atoms with Crippen LogP contribution in [0.15, 0.2) is 48.8 Å². The molecule has 5 heteroatoms. The zero-order valence-corrected chi connectivity index (χ0v) is 14.1. The van der Waals surface area contributed by atoms with Gasteiger partial charge in [-0.2, -0.15) is 5.10 Å². The average Bonchev–Trinajstić information content (AvgIpc) is 3.20. The number of nitrogens with one attached hydrogen (secondary N) is 1. The van der Waals surface area contributed by atoms with Gasteiger partial charge in [0.1, 0.15) is 0 Å². The largest absolute Gasteiger partial charge is 0.347 e. The Bertz CT molecular complexity index is 805. The van der Waals surface area contributed by atoms with Crippen LogP contribution in [-0.2, 0) is 13.0 Å². The van der Waals surface area contributed by atoms with Crippen LogP contribution in [0.2, 0.25) is 0 Å². The van der Waals surface area contributed by atoms with Crippen LogP contribution in [0.1, 0.15) is 32.6 Å². The van der Waals surface area contributed by atoms with Crippen LogP contribution in [0.4, 0.5) is 0 Å². The molecule has 118 valence electrons. The van der Waals surface area contributed by atoms with E-state index in [1.807, 2.05) is 47.3 Å². The molecule has 2 aromatic heterocycles. The molecule has 0 fully saturated rings. The van der Waals surface area contributed by atoms with Gasteiger partial charge in [-0.3, -0.25) is 4.79 Å². The number of thiophene rings is 1. The van der Waals surface area contributed by atoms with E-state index in [-0.39, 0.29) is 5.91 Å². The number of amides is 1. The first-order valence-corrected chi connectivity index (χ1v) is 8.45. The molecule has 0 radical (unpaired) electrons. The molecule has 0 aliphatic carbocycles. The van der Waals surface area contributed by atoms with Gasteiger partial charge in [0.15, 0.2) is 0 Å². The number of benzene rings is 1. The molecule has 3 rings (SSSR count). The van der Waals surface area contributed by atoms with Gasteiger partial charge in [-0.1, -0.05) is 25.1 Å². The van der Waals surface area contributed by atoms with Gasteiger partial charge in [0.05, 0.1) is 16.8 Å². The van der Waals surface area contributed by atoms with Crippen molar-refractivity contribution >= 4 is 17.2 Å². The minimum atomic E-state index is -0.0229. The van der Waals surface area contributed by atoms with Crippen molar-refractivity contribution in [3.05, 3.63) is 69.7 Å². The summed E-state index contributed by atoms with van der Waals surface area (Å²) in [5, 5.41) is 7.30. The van der Waals surface area contributed by atoms with Crippen molar-refractivity contribution in [3.8, 4) is 5.69 Å². The molecule has 23 heavy (non-hydrogen) atoms. The number of aromatic nitrogens is 2. The number of hydrogen-bond acceptors (Lipinski definition) is 3. The molecule has 0 spiro atoms. The van der Waals surface area contributed by atoms with Crippen LogP contribution in [0.5, 0.6) is 0 Å². The molecule has 1 aromatic carbocycles. The highest BCUT2D eigenvalue weighted by Gasteiger charge is 2.11. The Balaban J connectivity index is 1.64. The lowest BCUT2D eigenvalue weighted by Crippen LogP contribution is -2.21. The molecule has 4 nitrogen and oxygen atoms in total. The van der Waals surface area contributed by atoms with Gasteiger partial charge < -0.3 is 5.32 Å². The van der Waals surface area contributed by atoms with Crippen LogP contribution in [0.3, 0.4) is 0 Å². The highest BCUT2D eigenvalue weighted by atomic mass is 32.1. The number of aryl methyl sites for hydroxylation is 2. The van der Waals surface area contributed by atoms with Crippen LogP contribution in [-0.4, -0.2) is 15.7 Å². The van der Waals surface area contributed by atoms with Crippen molar-refractivity contribution in [2.24, 2.45) is 0 Å². The normalized spacial score (nSPS) is 10.7. The van der Waals surface area contributed by atoms with E-state index >= 15 is 0 Å². The predicted octanol–water partition coefficient (Wildman–Crippen LogP) is 3.73. The minimum Gasteiger partial charge on any atom is -0.347 e. The minimum absolute atomic E-state index is 0.0229. The lowest BCUT2D eigenvalue weighted by atomic mass is 10.2. The summed E-state index contributed by atoms with van der Waals surface area (Å²) in [6, 6.07) is 11.9. The van der Waals surface area contributed by atoms with Gasteiger partial charge in [0.2, 0.25) is 0 Å². The van der Waals surface area contributed by atoms with Crippen molar-refractivity contribution in [1.29, 1.82) is 0 Å². The first-order chi connectivity index (χ1) is 11.2. The zero-order valence-electron chi connectivity index (χ0n) is 13.2. The van der Waals surface area contributed by atoms with E-state index < -0.39 is 0 Å². The van der Waals surface area contributed by atoms with Gasteiger partial charge in [-0.25, -0.2) is 4.68 Å². The monoisotopic (exact) mass is 325 g/mol. The molecule has 0 aliphatic heterocycles. The molecule has 0 saturated heterocycles. The summed E-state index contributed by atoms with van der Waals surface area (Å²) in [6.45, 7) is 4.64. The van der Waals surface area contributed by atoms with E-state index in [0.717, 1.165) is 22.5 Å². The second-order valence-electron chi connectivity index (χ2n) is 5.36. The Morgan fingerprint density at radius 1 is 1.30 bits per heavy atom. The summed E-state index contributed by atoms with van der Waals surface area (Å²) in [4.78, 5) is 14.2. The third kappa shape index (κ3) is 3.51. The number of nitrogens with zero attached hydrogens (tertiary/aromatic N) is 2. The van der Waals surface area contributed by atoms with Crippen LogP contribution >= 0.6 is 11.3 Å². The highest BCUT2D eigenvalue weighted by molar-refractivity contribution is 7.14. The van der Waals surface area contributed by atoms with Crippen molar-refractivity contribution in [2.45, 2.75) is 26.8 Å². The molecule has 1 N–H and O–H groups in total. The molecule has 0 bridgehead atoms. The number of carbonyl (C=O) groups is 1. The van der Waals surface area contributed by atoms with E-state index in [2.05, 4.69) is 24.3 Å². The topological polar surface area (TPSA) is 46.9 Å². The first kappa shape index (κ1) is 15.5. The van der Waals surface area contributed by atoms with Gasteiger partial charge in [-0.05, 0) is 37.1 Å². The molecule has 1 amide bonds. The SMILES string of the molecule is CCc1cc(C(=O)NCc2cnn(-c3ccccc3)c2)sc1C. The van der Waals surface area contributed by atoms with Gasteiger partial charge >= 0.3 is 0 Å². The summed E-state index contributed by atoms with van der Waals surface area (Å²) in [5.41, 5.74) is 3.23. The Morgan fingerprint density at radius 3 is 2.78 bits per heavy atom. The fourth-order valence-electron chi connectivity index (χ4n) is 2.43.